The molecule has 0 unspecified atom stereocenters. The summed E-state index contributed by atoms with van der Waals surface area (Å²) in [6.45, 7) is 18.0. The summed E-state index contributed by atoms with van der Waals surface area (Å²) in [6.07, 6.45) is 5.30. The number of hydrogen-bond acceptors (Lipinski definition) is 0. The van der Waals surface area contributed by atoms with E-state index in [2.05, 4.69) is 108 Å². The second-order valence-corrected chi connectivity index (χ2v) is 11.7. The van der Waals surface area contributed by atoms with Gasteiger partial charge in [-0.15, -0.1) is 47.6 Å². The van der Waals surface area contributed by atoms with Crippen molar-refractivity contribution in [3.05, 3.63) is 59.9 Å². The van der Waals surface area contributed by atoms with Crippen molar-refractivity contribution in [2.24, 2.45) is 0 Å². The van der Waals surface area contributed by atoms with Gasteiger partial charge in [-0.3, -0.25) is 0 Å². The zero-order valence-corrected chi connectivity index (χ0v) is 22.4. The molecule has 1 radical (unpaired) electrons. The van der Waals surface area contributed by atoms with Crippen LogP contribution < -0.4 is 30.0 Å². The van der Waals surface area contributed by atoms with Crippen LogP contribution in [0.15, 0.2) is 42.6 Å². The maximum atomic E-state index is 3.23. The summed E-state index contributed by atoms with van der Waals surface area (Å²) >= 11 is 0. The van der Waals surface area contributed by atoms with Gasteiger partial charge in [-0.2, -0.15) is 22.2 Å². The van der Waals surface area contributed by atoms with Crippen LogP contribution in [0.1, 0.15) is 52.7 Å². The van der Waals surface area contributed by atoms with E-state index in [-0.39, 0.29) is 66.2 Å². The first-order chi connectivity index (χ1) is 11.5. The molecule has 0 amide bonds. The van der Waals surface area contributed by atoms with Crippen molar-refractivity contribution < 1.29 is 46.5 Å². The van der Waals surface area contributed by atoms with E-state index in [4.69, 9.17) is 0 Å². The maximum Gasteiger partial charge on any atom is 4.00 e. The number of hydrogen-bond donors (Lipinski definition) is 1. The predicted molar refractivity (Wildman–Crippen MR) is 114 cm³/mol. The third-order valence-electron chi connectivity index (χ3n) is 4.44. The van der Waals surface area contributed by atoms with E-state index in [0.29, 0.717) is 0 Å². The molecule has 1 nitrogen and oxygen atoms in total. The molecule has 0 aliphatic rings. The molecule has 0 fully saturated rings. The van der Waals surface area contributed by atoms with Crippen molar-refractivity contribution >= 4 is 24.8 Å². The molecule has 0 aliphatic heterocycles. The molecule has 0 saturated heterocycles. The monoisotopic (exact) mass is 468 g/mol. The minimum absolute atomic E-state index is 0. The molecule has 0 bridgehead atoms. The quantitative estimate of drug-likeness (QED) is 0.380. The summed E-state index contributed by atoms with van der Waals surface area (Å²) in [7, 11) is -0.273. The normalized spacial score (nSPS) is 11.0. The number of nitrogens with one attached hydrogen (secondary N) is 1. The SMILES string of the molecule is CC(C)(C)c1[c-][nH]cc1C(C)(C)C.C[Si](C)c1cc2ccccc2[cH-]1.[Cl-].[Cl-].[Ti+4]. The molecule has 5 heteroatoms. The molecule has 0 aliphatic carbocycles. The Morgan fingerprint density at radius 3 is 1.93 bits per heavy atom. The molecule has 1 aromatic heterocycles. The Kier molecular flexibility index (Phi) is 12.5. The van der Waals surface area contributed by atoms with Gasteiger partial charge in [0.2, 0.25) is 0 Å². The van der Waals surface area contributed by atoms with Crippen molar-refractivity contribution in [3.63, 3.8) is 0 Å². The molecule has 1 heterocycles. The summed E-state index contributed by atoms with van der Waals surface area (Å²) in [6, 6.07) is 13.2. The van der Waals surface area contributed by atoms with Crippen LogP contribution in [0.5, 0.6) is 0 Å². The third kappa shape index (κ3) is 7.80. The summed E-state index contributed by atoms with van der Waals surface area (Å²) in [4.78, 5) is 3.09. The first-order valence-electron chi connectivity index (χ1n) is 9.06. The number of fused-ring (bicyclic) bond motifs is 1. The van der Waals surface area contributed by atoms with Gasteiger partial charge in [0.05, 0.1) is 8.80 Å². The largest absolute Gasteiger partial charge is 4.00 e. The van der Waals surface area contributed by atoms with Gasteiger partial charge >= 0.3 is 21.7 Å². The predicted octanol–water partition coefficient (Wildman–Crippen LogP) is -0.0645. The Balaban J connectivity index is 0. The van der Waals surface area contributed by atoms with Crippen LogP contribution in [0.2, 0.25) is 13.1 Å². The second-order valence-electron chi connectivity index (χ2n) is 9.08. The Labute approximate surface area is 200 Å². The van der Waals surface area contributed by atoms with Gasteiger partial charge in [0.15, 0.2) is 0 Å². The first-order valence-corrected chi connectivity index (χ1v) is 11.6. The summed E-state index contributed by atoms with van der Waals surface area (Å²) in [5.74, 6) is 0. The standard InChI is InChI=1S/C12H20N.C11H12Si.2ClH.Ti/c1-11(2,3)9-7-13-8-10(9)12(4,5)6;1-12(2)11-7-9-5-3-4-6-10(9)8-11;;;/h7,13H,1-6H3;3-8H,1-2H3;2*1H;/q2*-1;;;+4/p-2. The molecule has 151 valence electrons. The molecule has 1 N–H and O–H groups in total. The summed E-state index contributed by atoms with van der Waals surface area (Å²) in [5, 5.41) is 4.32. The third-order valence-corrected chi connectivity index (χ3v) is 5.88. The van der Waals surface area contributed by atoms with Gasteiger partial charge in [0.1, 0.15) is 0 Å². The minimum Gasteiger partial charge on any atom is -1.00 e. The van der Waals surface area contributed by atoms with Gasteiger partial charge in [0.25, 0.3) is 0 Å². The Bertz CT molecular complexity index is 761. The molecular formula is C23H32Cl2NSiTi. The average Bonchev–Trinajstić information content (AvgIpc) is 3.14. The fourth-order valence-corrected chi connectivity index (χ4v) is 3.83. The van der Waals surface area contributed by atoms with E-state index in [1.54, 1.807) is 5.19 Å². The van der Waals surface area contributed by atoms with Crippen molar-refractivity contribution in [1.82, 2.24) is 4.98 Å². The van der Waals surface area contributed by atoms with E-state index in [1.807, 2.05) is 0 Å². The van der Waals surface area contributed by atoms with Gasteiger partial charge in [-0.1, -0.05) is 66.1 Å². The van der Waals surface area contributed by atoms with E-state index in [1.165, 1.54) is 21.9 Å². The first kappa shape index (κ1) is 29.8. The zero-order chi connectivity index (χ0) is 18.8. The van der Waals surface area contributed by atoms with E-state index in [9.17, 15) is 0 Å². The average molecular weight is 469 g/mol. The Morgan fingerprint density at radius 2 is 1.50 bits per heavy atom. The molecule has 3 rings (SSSR count). The molecule has 28 heavy (non-hydrogen) atoms. The van der Waals surface area contributed by atoms with Crippen LogP contribution in [0, 0.1) is 6.20 Å². The number of H-pyrrole nitrogens is 1. The topological polar surface area (TPSA) is 15.8 Å². The molecule has 0 atom stereocenters. The second kappa shape index (κ2) is 11.7. The zero-order valence-electron chi connectivity index (χ0n) is 18.3. The Hall–Kier alpha value is -0.379. The molecule has 3 aromatic rings. The number of aromatic nitrogens is 1. The fourth-order valence-electron chi connectivity index (χ4n) is 2.94. The van der Waals surface area contributed by atoms with Gasteiger partial charge in [-0.25, -0.2) is 0 Å². The van der Waals surface area contributed by atoms with Crippen LogP contribution in [-0.4, -0.2) is 13.8 Å². The van der Waals surface area contributed by atoms with Crippen molar-refractivity contribution in [3.8, 4) is 0 Å². The summed E-state index contributed by atoms with van der Waals surface area (Å²) < 4.78 is 0. The van der Waals surface area contributed by atoms with E-state index in [0.717, 1.165) is 0 Å². The fraction of sp³-hybridized carbons (Fsp3) is 0.435. The van der Waals surface area contributed by atoms with Crippen LogP contribution >= 0.6 is 0 Å². The maximum absolute atomic E-state index is 3.23. The van der Waals surface area contributed by atoms with Crippen molar-refractivity contribution in [2.75, 3.05) is 0 Å². The molecule has 0 spiro atoms. The number of rotatable bonds is 1. The van der Waals surface area contributed by atoms with Crippen LogP contribution in [0.3, 0.4) is 0 Å². The molecule has 0 saturated carbocycles. The van der Waals surface area contributed by atoms with E-state index >= 15 is 0 Å². The van der Waals surface area contributed by atoms with Gasteiger partial charge < -0.3 is 29.8 Å². The molecular weight excluding hydrogens is 437 g/mol. The molecule has 2 aromatic carbocycles. The van der Waals surface area contributed by atoms with Crippen LogP contribution in [-0.2, 0) is 32.5 Å². The van der Waals surface area contributed by atoms with Crippen LogP contribution in [0.4, 0.5) is 0 Å². The number of aromatic amines is 1. The minimum atomic E-state index is -0.273. The van der Waals surface area contributed by atoms with Gasteiger partial charge in [-0.05, 0) is 5.41 Å². The van der Waals surface area contributed by atoms with Gasteiger partial charge in [0, 0.05) is 0 Å². The van der Waals surface area contributed by atoms with Crippen molar-refractivity contribution in [2.45, 2.75) is 65.5 Å². The van der Waals surface area contributed by atoms with Crippen molar-refractivity contribution in [1.29, 1.82) is 0 Å². The number of benzene rings is 1. The van der Waals surface area contributed by atoms with E-state index < -0.39 is 0 Å². The Morgan fingerprint density at radius 1 is 0.929 bits per heavy atom. The smallest absolute Gasteiger partial charge is 1.00 e. The summed E-state index contributed by atoms with van der Waals surface area (Å²) in [5.41, 5.74) is 3.07. The number of halogens is 2. The van der Waals surface area contributed by atoms with Crippen LogP contribution in [0.25, 0.3) is 10.8 Å².